The fourth-order valence-electron chi connectivity index (χ4n) is 5.61. The Labute approximate surface area is 225 Å². The summed E-state index contributed by atoms with van der Waals surface area (Å²) in [6, 6.07) is 10.0. The number of hydrogen-bond donors (Lipinski definition) is 4. The normalized spacial score (nSPS) is 29.1. The molecule has 11 nitrogen and oxygen atoms in total. The Morgan fingerprint density at radius 1 is 1.13 bits per heavy atom. The smallest absolute Gasteiger partial charge is 0.228 e. The molecule has 0 bridgehead atoms. The zero-order valence-corrected chi connectivity index (χ0v) is 22.2. The summed E-state index contributed by atoms with van der Waals surface area (Å²) in [4.78, 5) is 24.5. The maximum atomic E-state index is 13.2. The second-order valence-electron chi connectivity index (χ2n) is 10.4. The Bertz CT molecular complexity index is 1280. The summed E-state index contributed by atoms with van der Waals surface area (Å²) < 4.78 is 1.58. The summed E-state index contributed by atoms with van der Waals surface area (Å²) in [5, 5.41) is 38.1. The molecule has 1 aliphatic heterocycles. The second kappa shape index (κ2) is 10.8. The average Bonchev–Trinajstić information content (AvgIpc) is 3.50. The molecule has 12 heteroatoms. The van der Waals surface area contributed by atoms with Gasteiger partial charge in [-0.25, -0.2) is 14.6 Å². The lowest BCUT2D eigenvalue weighted by molar-refractivity contribution is -0.140. The Hall–Kier alpha value is -2.80. The van der Waals surface area contributed by atoms with Crippen LogP contribution in [0, 0.1) is 5.92 Å². The van der Waals surface area contributed by atoms with Gasteiger partial charge in [-0.2, -0.15) is 0 Å². The molecule has 4 N–H and O–H groups in total. The number of benzene rings is 1. The maximum Gasteiger partial charge on any atom is 0.228 e. The lowest BCUT2D eigenvalue weighted by Crippen LogP contribution is -2.50. The van der Waals surface area contributed by atoms with Gasteiger partial charge in [0.2, 0.25) is 5.91 Å². The fraction of sp³-hybridized carbons (Fsp3) is 0.577. The van der Waals surface area contributed by atoms with E-state index in [1.807, 2.05) is 6.07 Å². The molecule has 0 spiro atoms. The van der Waals surface area contributed by atoms with E-state index in [1.165, 1.54) is 5.56 Å². The zero-order chi connectivity index (χ0) is 26.2. The first-order valence-electron chi connectivity index (χ1n) is 13.5. The molecule has 2 unspecified atom stereocenters. The number of carbonyl (C=O) groups is 1. The third-order valence-corrected chi connectivity index (χ3v) is 8.84. The number of hydrogen-bond acceptors (Lipinski definition) is 10. The summed E-state index contributed by atoms with van der Waals surface area (Å²) in [6.07, 6.45) is -0.0699. The third-order valence-electron chi connectivity index (χ3n) is 7.79. The predicted molar refractivity (Wildman–Crippen MR) is 144 cm³/mol. The van der Waals surface area contributed by atoms with Crippen LogP contribution in [0.2, 0.25) is 0 Å². The van der Waals surface area contributed by atoms with Crippen molar-refractivity contribution < 1.29 is 15.0 Å². The van der Waals surface area contributed by atoms with Gasteiger partial charge in [-0.1, -0.05) is 54.2 Å². The van der Waals surface area contributed by atoms with Crippen LogP contribution in [0.4, 0.5) is 5.82 Å². The summed E-state index contributed by atoms with van der Waals surface area (Å²) in [6.45, 7) is 4.76. The number of fused-ring (bicyclic) bond motifs is 1. The van der Waals surface area contributed by atoms with Gasteiger partial charge in [0.1, 0.15) is 6.10 Å². The van der Waals surface area contributed by atoms with E-state index in [9.17, 15) is 15.0 Å². The number of carbonyl (C=O) groups excluding carboxylic acids is 1. The van der Waals surface area contributed by atoms with Crippen LogP contribution in [-0.2, 0) is 4.79 Å². The van der Waals surface area contributed by atoms with Gasteiger partial charge in [-0.3, -0.25) is 4.79 Å². The fourth-order valence-corrected chi connectivity index (χ4v) is 6.30. The van der Waals surface area contributed by atoms with Gasteiger partial charge in [0.15, 0.2) is 22.1 Å². The van der Waals surface area contributed by atoms with Crippen molar-refractivity contribution in [2.45, 2.75) is 61.6 Å². The number of nitrogens with zero attached hydrogens (tertiary/aromatic N) is 6. The molecular formula is C26H34N8O3S. The molecule has 3 heterocycles. The van der Waals surface area contributed by atoms with Gasteiger partial charge in [0, 0.05) is 43.9 Å². The van der Waals surface area contributed by atoms with Crippen molar-refractivity contribution in [2.75, 3.05) is 37.2 Å². The molecule has 38 heavy (non-hydrogen) atoms. The average molecular weight is 539 g/mol. The highest BCUT2D eigenvalue weighted by atomic mass is 32.2. The van der Waals surface area contributed by atoms with E-state index in [1.54, 1.807) is 21.3 Å². The van der Waals surface area contributed by atoms with Crippen molar-refractivity contribution in [3.05, 3.63) is 35.9 Å². The number of rotatable bonds is 8. The Kier molecular flexibility index (Phi) is 7.21. The molecule has 2 aromatic heterocycles. The van der Waals surface area contributed by atoms with Gasteiger partial charge in [-0.05, 0) is 24.8 Å². The SMILES string of the molecule is CCCSc1nc(NC2CC2c2ccccc2)c2nnn([C@@H]3C[C@H](C(=O)N4CCNCC4)[C@@H](O)[C@H]3O)c2n1. The number of thioether (sulfide) groups is 1. The molecule has 1 saturated heterocycles. The van der Waals surface area contributed by atoms with E-state index in [-0.39, 0.29) is 18.4 Å². The number of aromatic nitrogens is 5. The molecule has 3 fully saturated rings. The first-order valence-corrected chi connectivity index (χ1v) is 14.5. The zero-order valence-electron chi connectivity index (χ0n) is 21.4. The minimum Gasteiger partial charge on any atom is -0.390 e. The minimum absolute atomic E-state index is 0.123. The quantitative estimate of drug-likeness (QED) is 0.246. The van der Waals surface area contributed by atoms with Crippen LogP contribution < -0.4 is 10.6 Å². The van der Waals surface area contributed by atoms with Crippen molar-refractivity contribution >= 4 is 34.7 Å². The van der Waals surface area contributed by atoms with Crippen molar-refractivity contribution in [1.29, 1.82) is 0 Å². The maximum absolute atomic E-state index is 13.2. The highest BCUT2D eigenvalue weighted by molar-refractivity contribution is 7.99. The van der Waals surface area contributed by atoms with Crippen molar-refractivity contribution in [2.24, 2.45) is 5.92 Å². The van der Waals surface area contributed by atoms with Crippen molar-refractivity contribution in [3.8, 4) is 0 Å². The van der Waals surface area contributed by atoms with E-state index in [0.29, 0.717) is 41.1 Å². The van der Waals surface area contributed by atoms with Gasteiger partial charge in [0.25, 0.3) is 0 Å². The monoisotopic (exact) mass is 538 g/mol. The first-order chi connectivity index (χ1) is 18.5. The largest absolute Gasteiger partial charge is 0.390 e. The van der Waals surface area contributed by atoms with E-state index < -0.39 is 24.2 Å². The van der Waals surface area contributed by atoms with Crippen molar-refractivity contribution in [1.82, 2.24) is 35.2 Å². The molecule has 6 atom stereocenters. The van der Waals surface area contributed by atoms with Gasteiger partial charge >= 0.3 is 0 Å². The number of aliphatic hydroxyl groups excluding tert-OH is 2. The van der Waals surface area contributed by atoms with Crippen LogP contribution in [0.5, 0.6) is 0 Å². The molecule has 0 radical (unpaired) electrons. The van der Waals surface area contributed by atoms with Gasteiger partial charge in [0.05, 0.1) is 18.1 Å². The Morgan fingerprint density at radius 3 is 2.68 bits per heavy atom. The molecule has 3 aliphatic rings. The van der Waals surface area contributed by atoms with Gasteiger partial charge in [-0.15, -0.1) is 5.10 Å². The molecule has 3 aromatic rings. The summed E-state index contributed by atoms with van der Waals surface area (Å²) in [5.74, 6) is 1.09. The first kappa shape index (κ1) is 25.5. The lowest BCUT2D eigenvalue weighted by Gasteiger charge is -2.30. The highest BCUT2D eigenvalue weighted by Gasteiger charge is 2.48. The number of aliphatic hydroxyl groups is 2. The molecule has 6 rings (SSSR count). The van der Waals surface area contributed by atoms with E-state index in [4.69, 9.17) is 9.97 Å². The summed E-state index contributed by atoms with van der Waals surface area (Å²) in [5.41, 5.74) is 2.33. The highest BCUT2D eigenvalue weighted by Crippen LogP contribution is 2.44. The van der Waals surface area contributed by atoms with Crippen LogP contribution in [-0.4, -0.2) is 96.2 Å². The Morgan fingerprint density at radius 2 is 1.92 bits per heavy atom. The topological polar surface area (TPSA) is 141 Å². The molecule has 202 valence electrons. The van der Waals surface area contributed by atoms with Crippen molar-refractivity contribution in [3.63, 3.8) is 0 Å². The van der Waals surface area contributed by atoms with Crippen LogP contribution in [0.3, 0.4) is 0 Å². The van der Waals surface area contributed by atoms with E-state index in [0.717, 1.165) is 31.7 Å². The number of amides is 1. The van der Waals surface area contributed by atoms with Crippen LogP contribution in [0.15, 0.2) is 35.5 Å². The lowest BCUT2D eigenvalue weighted by atomic mass is 10.0. The molecule has 1 aromatic carbocycles. The summed E-state index contributed by atoms with van der Waals surface area (Å²) in [7, 11) is 0. The number of nitrogens with one attached hydrogen (secondary N) is 2. The minimum atomic E-state index is -1.17. The van der Waals surface area contributed by atoms with Crippen LogP contribution in [0.25, 0.3) is 11.2 Å². The number of piperazine rings is 1. The van der Waals surface area contributed by atoms with E-state index in [2.05, 4.69) is 52.1 Å². The van der Waals surface area contributed by atoms with Gasteiger partial charge < -0.3 is 25.7 Å². The molecule has 1 amide bonds. The molecular weight excluding hydrogens is 504 g/mol. The second-order valence-corrected chi connectivity index (χ2v) is 11.4. The predicted octanol–water partition coefficient (Wildman–Crippen LogP) is 1.41. The standard InChI is InChI=1S/C26H34N8O3S/c1-2-12-38-26-29-23(28-18-13-16(18)15-6-4-3-5-7-15)20-24(30-26)34(32-31-20)19-14-17(21(35)22(19)36)25(37)33-10-8-27-9-11-33/h3-7,16-19,21-22,27,35-36H,2,8-14H2,1H3,(H,28,29,30)/t16?,17-,18?,19+,21+,22-/m0/s1. The third kappa shape index (κ3) is 4.86. The molecule has 2 saturated carbocycles. The Balaban J connectivity index is 1.28. The summed E-state index contributed by atoms with van der Waals surface area (Å²) >= 11 is 1.56. The molecule has 2 aliphatic carbocycles. The van der Waals surface area contributed by atoms with E-state index >= 15 is 0 Å². The number of anilines is 1. The van der Waals surface area contributed by atoms with Crippen LogP contribution >= 0.6 is 11.8 Å². The van der Waals surface area contributed by atoms with Crippen LogP contribution in [0.1, 0.15) is 43.7 Å².